The highest BCUT2D eigenvalue weighted by molar-refractivity contribution is 9.10. The highest BCUT2D eigenvalue weighted by Crippen LogP contribution is 2.28. The van der Waals surface area contributed by atoms with E-state index >= 15 is 0 Å². The zero-order valence-corrected chi connectivity index (χ0v) is 12.7. The van der Waals surface area contributed by atoms with Gasteiger partial charge in [0.1, 0.15) is 11.8 Å². The Labute approximate surface area is 125 Å². The van der Waals surface area contributed by atoms with Gasteiger partial charge in [0.05, 0.1) is 17.8 Å². The number of aryl methyl sites for hydroxylation is 1. The molecule has 1 atom stereocenters. The molecule has 7 heteroatoms. The quantitative estimate of drug-likeness (QED) is 0.890. The Kier molecular flexibility index (Phi) is 4.41. The van der Waals surface area contributed by atoms with Crippen LogP contribution in [0.5, 0.6) is 5.75 Å². The molecule has 0 spiro atoms. The molecule has 0 aliphatic heterocycles. The predicted molar refractivity (Wildman–Crippen MR) is 79.5 cm³/mol. The van der Waals surface area contributed by atoms with Crippen molar-refractivity contribution in [3.05, 3.63) is 40.6 Å². The van der Waals surface area contributed by atoms with Gasteiger partial charge in [0.25, 0.3) is 0 Å². The lowest BCUT2D eigenvalue weighted by Gasteiger charge is -2.12. The number of aromatic nitrogens is 2. The van der Waals surface area contributed by atoms with Gasteiger partial charge >= 0.3 is 0 Å². The van der Waals surface area contributed by atoms with Crippen LogP contribution in [0.2, 0.25) is 0 Å². The molecule has 2 aromatic rings. The molecule has 2 rings (SSSR count). The molecule has 1 amide bonds. The predicted octanol–water partition coefficient (Wildman–Crippen LogP) is 1.83. The Morgan fingerprint density at radius 3 is 2.90 bits per heavy atom. The van der Waals surface area contributed by atoms with Crippen LogP contribution in [0.25, 0.3) is 0 Å². The van der Waals surface area contributed by atoms with Gasteiger partial charge in [0, 0.05) is 30.6 Å². The molecular formula is C13H15BrN4O2. The Morgan fingerprint density at radius 2 is 2.30 bits per heavy atom. The van der Waals surface area contributed by atoms with E-state index in [1.807, 2.05) is 0 Å². The summed E-state index contributed by atoms with van der Waals surface area (Å²) in [5.74, 6) is 0.333. The van der Waals surface area contributed by atoms with Crippen LogP contribution in [0.3, 0.4) is 0 Å². The maximum atomic E-state index is 12.1. The van der Waals surface area contributed by atoms with Crippen molar-refractivity contribution in [3.63, 3.8) is 0 Å². The molecule has 0 radical (unpaired) electrons. The second-order valence-electron chi connectivity index (χ2n) is 4.26. The SMILES string of the molecule is COc1cc(NC(=O)C(N)c2cnn(C)c2)ccc1Br. The number of methoxy groups -OCH3 is 1. The summed E-state index contributed by atoms with van der Waals surface area (Å²) >= 11 is 3.35. The smallest absolute Gasteiger partial charge is 0.246 e. The molecular weight excluding hydrogens is 324 g/mol. The molecule has 106 valence electrons. The highest BCUT2D eigenvalue weighted by atomic mass is 79.9. The summed E-state index contributed by atoms with van der Waals surface area (Å²) in [7, 11) is 3.33. The maximum Gasteiger partial charge on any atom is 0.246 e. The van der Waals surface area contributed by atoms with Gasteiger partial charge in [-0.1, -0.05) is 0 Å². The number of ether oxygens (including phenoxy) is 1. The number of nitrogens with zero attached hydrogens (tertiary/aromatic N) is 2. The molecule has 0 saturated carbocycles. The largest absolute Gasteiger partial charge is 0.495 e. The summed E-state index contributed by atoms with van der Waals surface area (Å²) in [6.45, 7) is 0. The normalized spacial score (nSPS) is 12.0. The van der Waals surface area contributed by atoms with E-state index in [-0.39, 0.29) is 5.91 Å². The van der Waals surface area contributed by atoms with E-state index in [2.05, 4.69) is 26.3 Å². The number of nitrogens with one attached hydrogen (secondary N) is 1. The Balaban J connectivity index is 2.11. The Morgan fingerprint density at radius 1 is 1.55 bits per heavy atom. The zero-order valence-electron chi connectivity index (χ0n) is 11.1. The van der Waals surface area contributed by atoms with Gasteiger partial charge in [-0.2, -0.15) is 5.10 Å². The van der Waals surface area contributed by atoms with E-state index in [9.17, 15) is 4.79 Å². The summed E-state index contributed by atoms with van der Waals surface area (Å²) in [5, 5.41) is 6.75. The lowest BCUT2D eigenvalue weighted by atomic mass is 10.1. The summed E-state index contributed by atoms with van der Waals surface area (Å²) in [4.78, 5) is 12.1. The number of carbonyl (C=O) groups is 1. The third-order valence-electron chi connectivity index (χ3n) is 2.79. The summed E-state index contributed by atoms with van der Waals surface area (Å²) in [6, 6.07) is 4.51. The minimum atomic E-state index is -0.765. The lowest BCUT2D eigenvalue weighted by Crippen LogP contribution is -2.27. The third-order valence-corrected chi connectivity index (χ3v) is 3.44. The van der Waals surface area contributed by atoms with Crippen molar-refractivity contribution in [1.82, 2.24) is 9.78 Å². The van der Waals surface area contributed by atoms with E-state index in [1.54, 1.807) is 49.4 Å². The number of nitrogens with two attached hydrogens (primary N) is 1. The fourth-order valence-corrected chi connectivity index (χ4v) is 2.12. The highest BCUT2D eigenvalue weighted by Gasteiger charge is 2.17. The molecule has 0 bridgehead atoms. The fourth-order valence-electron chi connectivity index (χ4n) is 1.71. The van der Waals surface area contributed by atoms with Crippen molar-refractivity contribution in [2.75, 3.05) is 12.4 Å². The minimum absolute atomic E-state index is 0.303. The number of carbonyl (C=O) groups excluding carboxylic acids is 1. The van der Waals surface area contributed by atoms with E-state index in [4.69, 9.17) is 10.5 Å². The number of halogens is 1. The molecule has 0 fully saturated rings. The van der Waals surface area contributed by atoms with Crippen LogP contribution in [0.15, 0.2) is 35.1 Å². The first kappa shape index (κ1) is 14.5. The van der Waals surface area contributed by atoms with Gasteiger partial charge in [-0.15, -0.1) is 0 Å². The van der Waals surface area contributed by atoms with Gasteiger partial charge in [0.2, 0.25) is 5.91 Å². The second-order valence-corrected chi connectivity index (χ2v) is 5.12. The van der Waals surface area contributed by atoms with Crippen molar-refractivity contribution in [3.8, 4) is 5.75 Å². The molecule has 6 nitrogen and oxygen atoms in total. The molecule has 1 heterocycles. The van der Waals surface area contributed by atoms with E-state index in [0.29, 0.717) is 17.0 Å². The van der Waals surface area contributed by atoms with Gasteiger partial charge in [-0.05, 0) is 28.1 Å². The first-order valence-corrected chi connectivity index (χ1v) is 6.69. The number of amides is 1. The van der Waals surface area contributed by atoms with Crippen LogP contribution in [0.1, 0.15) is 11.6 Å². The zero-order chi connectivity index (χ0) is 14.7. The summed E-state index contributed by atoms with van der Waals surface area (Å²) in [6.07, 6.45) is 3.29. The topological polar surface area (TPSA) is 82.2 Å². The van der Waals surface area contributed by atoms with Crippen LogP contribution in [-0.4, -0.2) is 22.8 Å². The fraction of sp³-hybridized carbons (Fsp3) is 0.231. The number of hydrogen-bond donors (Lipinski definition) is 2. The maximum absolute atomic E-state index is 12.1. The number of hydrogen-bond acceptors (Lipinski definition) is 4. The standard InChI is InChI=1S/C13H15BrN4O2/c1-18-7-8(6-16-18)12(15)13(19)17-9-3-4-10(14)11(5-9)20-2/h3-7,12H,15H2,1-2H3,(H,17,19). The summed E-state index contributed by atoms with van der Waals surface area (Å²) < 4.78 is 7.59. The third kappa shape index (κ3) is 3.17. The van der Waals surface area contributed by atoms with Crippen molar-refractivity contribution in [2.24, 2.45) is 12.8 Å². The van der Waals surface area contributed by atoms with Gasteiger partial charge in [-0.25, -0.2) is 0 Å². The average molecular weight is 339 g/mol. The van der Waals surface area contributed by atoms with Gasteiger partial charge in [0.15, 0.2) is 0 Å². The molecule has 1 aromatic carbocycles. The Hall–Kier alpha value is -1.86. The second kappa shape index (κ2) is 6.06. The molecule has 3 N–H and O–H groups in total. The number of benzene rings is 1. The Bertz CT molecular complexity index is 627. The van der Waals surface area contributed by atoms with Crippen LogP contribution < -0.4 is 15.8 Å². The molecule has 1 aromatic heterocycles. The van der Waals surface area contributed by atoms with Crippen molar-refractivity contribution in [2.45, 2.75) is 6.04 Å². The van der Waals surface area contributed by atoms with Crippen molar-refractivity contribution >= 4 is 27.5 Å². The van der Waals surface area contributed by atoms with Crippen molar-refractivity contribution < 1.29 is 9.53 Å². The lowest BCUT2D eigenvalue weighted by molar-refractivity contribution is -0.117. The van der Waals surface area contributed by atoms with Gasteiger partial charge in [-0.3, -0.25) is 9.48 Å². The molecule has 1 unspecified atom stereocenters. The minimum Gasteiger partial charge on any atom is -0.495 e. The van der Waals surface area contributed by atoms with Crippen LogP contribution in [0.4, 0.5) is 5.69 Å². The molecule has 20 heavy (non-hydrogen) atoms. The average Bonchev–Trinajstić information content (AvgIpc) is 2.86. The van der Waals surface area contributed by atoms with Crippen molar-refractivity contribution in [1.29, 1.82) is 0 Å². The van der Waals surface area contributed by atoms with Gasteiger partial charge < -0.3 is 15.8 Å². The number of anilines is 1. The molecule has 0 aliphatic rings. The van der Waals surface area contributed by atoms with Crippen LogP contribution >= 0.6 is 15.9 Å². The van der Waals surface area contributed by atoms with Crippen LogP contribution in [-0.2, 0) is 11.8 Å². The van der Waals surface area contributed by atoms with E-state index in [0.717, 1.165) is 4.47 Å². The molecule has 0 aliphatic carbocycles. The first-order chi connectivity index (χ1) is 9.51. The number of rotatable bonds is 4. The monoisotopic (exact) mass is 338 g/mol. The van der Waals surface area contributed by atoms with Crippen LogP contribution in [0, 0.1) is 0 Å². The summed E-state index contributed by atoms with van der Waals surface area (Å²) in [5.41, 5.74) is 7.18. The van der Waals surface area contributed by atoms with E-state index in [1.165, 1.54) is 0 Å². The van der Waals surface area contributed by atoms with E-state index < -0.39 is 6.04 Å². The molecule has 0 saturated heterocycles. The first-order valence-electron chi connectivity index (χ1n) is 5.90.